The van der Waals surface area contributed by atoms with Crippen molar-refractivity contribution in [1.82, 2.24) is 20.3 Å². The molecule has 1 aliphatic carbocycles. The normalized spacial score (nSPS) is 15.4. The molecule has 1 aromatic heterocycles. The highest BCUT2D eigenvalue weighted by Crippen LogP contribution is 2.31. The molecule has 21 heavy (non-hydrogen) atoms. The predicted octanol–water partition coefficient (Wildman–Crippen LogP) is 2.85. The maximum absolute atomic E-state index is 12.8. The van der Waals surface area contributed by atoms with Crippen molar-refractivity contribution in [2.45, 2.75) is 38.5 Å². The van der Waals surface area contributed by atoms with Crippen molar-refractivity contribution in [1.29, 1.82) is 0 Å². The number of aryl methyl sites for hydroxylation is 1. The van der Waals surface area contributed by atoms with Crippen molar-refractivity contribution in [2.24, 2.45) is 0 Å². The SMILES string of the molecule is Cc1ccc(C(F)(F)F)cc1-n1nncc1CNC1CC1. The average molecular weight is 296 g/mol. The zero-order valence-electron chi connectivity index (χ0n) is 11.5. The van der Waals surface area contributed by atoms with Crippen LogP contribution in [-0.4, -0.2) is 21.0 Å². The molecule has 4 nitrogen and oxygen atoms in total. The molecule has 2 aromatic rings. The molecule has 1 fully saturated rings. The van der Waals surface area contributed by atoms with Gasteiger partial charge in [0.15, 0.2) is 0 Å². The van der Waals surface area contributed by atoms with E-state index in [1.165, 1.54) is 10.7 Å². The Balaban J connectivity index is 1.93. The fourth-order valence-corrected chi connectivity index (χ4v) is 2.13. The van der Waals surface area contributed by atoms with Gasteiger partial charge in [0.05, 0.1) is 23.1 Å². The molecule has 0 atom stereocenters. The first-order valence-electron chi connectivity index (χ1n) is 6.76. The Labute approximate surface area is 120 Å². The summed E-state index contributed by atoms with van der Waals surface area (Å²) in [6.45, 7) is 2.31. The Morgan fingerprint density at radius 3 is 2.76 bits per heavy atom. The van der Waals surface area contributed by atoms with Crippen LogP contribution in [0.25, 0.3) is 5.69 Å². The summed E-state index contributed by atoms with van der Waals surface area (Å²) in [7, 11) is 0. The van der Waals surface area contributed by atoms with Crippen LogP contribution in [0.2, 0.25) is 0 Å². The van der Waals surface area contributed by atoms with Crippen LogP contribution in [0.1, 0.15) is 29.7 Å². The van der Waals surface area contributed by atoms with Gasteiger partial charge in [0.1, 0.15) is 0 Å². The molecule has 0 unspecified atom stereocenters. The monoisotopic (exact) mass is 296 g/mol. The van der Waals surface area contributed by atoms with Gasteiger partial charge < -0.3 is 5.32 Å². The molecule has 0 spiro atoms. The van der Waals surface area contributed by atoms with Gasteiger partial charge >= 0.3 is 6.18 Å². The molecule has 7 heteroatoms. The first kappa shape index (κ1) is 14.1. The number of rotatable bonds is 4. The number of hydrogen-bond donors (Lipinski definition) is 1. The van der Waals surface area contributed by atoms with Crippen LogP contribution in [0.4, 0.5) is 13.2 Å². The van der Waals surface area contributed by atoms with E-state index in [9.17, 15) is 13.2 Å². The summed E-state index contributed by atoms with van der Waals surface area (Å²) in [6.07, 6.45) is -0.501. The third-order valence-corrected chi connectivity index (χ3v) is 3.53. The van der Waals surface area contributed by atoms with E-state index >= 15 is 0 Å². The minimum absolute atomic E-state index is 0.412. The van der Waals surface area contributed by atoms with E-state index in [2.05, 4.69) is 15.6 Å². The summed E-state index contributed by atoms with van der Waals surface area (Å²) < 4.78 is 40.0. The van der Waals surface area contributed by atoms with E-state index in [1.54, 1.807) is 13.1 Å². The summed E-state index contributed by atoms with van der Waals surface area (Å²) in [4.78, 5) is 0. The second-order valence-corrected chi connectivity index (χ2v) is 5.29. The van der Waals surface area contributed by atoms with Crippen molar-refractivity contribution in [3.05, 3.63) is 41.2 Å². The Bertz CT molecular complexity index is 644. The van der Waals surface area contributed by atoms with E-state index in [0.717, 1.165) is 36.2 Å². The molecule has 0 amide bonds. The zero-order valence-corrected chi connectivity index (χ0v) is 11.5. The van der Waals surface area contributed by atoms with Gasteiger partial charge in [-0.1, -0.05) is 11.3 Å². The van der Waals surface area contributed by atoms with Gasteiger partial charge in [0.2, 0.25) is 0 Å². The van der Waals surface area contributed by atoms with E-state index in [0.29, 0.717) is 18.3 Å². The molecule has 0 aliphatic heterocycles. The molecule has 1 aromatic carbocycles. The summed E-state index contributed by atoms with van der Waals surface area (Å²) >= 11 is 0. The summed E-state index contributed by atoms with van der Waals surface area (Å²) in [5.41, 5.74) is 1.21. The summed E-state index contributed by atoms with van der Waals surface area (Å²) in [5, 5.41) is 11.1. The van der Waals surface area contributed by atoms with E-state index in [4.69, 9.17) is 0 Å². The Morgan fingerprint density at radius 2 is 2.10 bits per heavy atom. The third kappa shape index (κ3) is 3.07. The smallest absolute Gasteiger partial charge is 0.308 e. The van der Waals surface area contributed by atoms with Crippen LogP contribution < -0.4 is 5.32 Å². The molecule has 1 N–H and O–H groups in total. The molecule has 3 rings (SSSR count). The van der Waals surface area contributed by atoms with Crippen molar-refractivity contribution < 1.29 is 13.2 Å². The van der Waals surface area contributed by atoms with Gasteiger partial charge in [-0.2, -0.15) is 13.2 Å². The minimum atomic E-state index is -4.37. The summed E-state index contributed by atoms with van der Waals surface area (Å²) in [5.74, 6) is 0. The first-order chi connectivity index (χ1) is 9.95. The van der Waals surface area contributed by atoms with E-state index in [-0.39, 0.29) is 0 Å². The molecule has 1 heterocycles. The highest BCUT2D eigenvalue weighted by molar-refractivity contribution is 5.44. The molecular formula is C14H15F3N4. The molecule has 0 saturated heterocycles. The fraction of sp³-hybridized carbons (Fsp3) is 0.429. The molecule has 1 saturated carbocycles. The number of halogens is 3. The second kappa shape index (κ2) is 5.14. The van der Waals surface area contributed by atoms with Gasteiger partial charge in [-0.15, -0.1) is 5.10 Å². The second-order valence-electron chi connectivity index (χ2n) is 5.29. The summed E-state index contributed by atoms with van der Waals surface area (Å²) in [6, 6.07) is 4.16. The number of nitrogens with one attached hydrogen (secondary N) is 1. The Kier molecular flexibility index (Phi) is 3.44. The molecule has 0 bridgehead atoms. The lowest BCUT2D eigenvalue weighted by Crippen LogP contribution is -2.18. The maximum Gasteiger partial charge on any atom is 0.416 e. The molecule has 0 radical (unpaired) electrons. The Morgan fingerprint density at radius 1 is 1.33 bits per heavy atom. The van der Waals surface area contributed by atoms with Gasteiger partial charge in [-0.25, -0.2) is 4.68 Å². The number of nitrogens with zero attached hydrogens (tertiary/aromatic N) is 3. The molecular weight excluding hydrogens is 281 g/mol. The standard InChI is InChI=1S/C14H15F3N4/c1-9-2-3-10(14(15,16)17)6-13(9)21-12(8-19-20-21)7-18-11-4-5-11/h2-3,6,8,11,18H,4-5,7H2,1H3. The minimum Gasteiger partial charge on any atom is -0.308 e. The van der Waals surface area contributed by atoms with Gasteiger partial charge in [-0.05, 0) is 37.5 Å². The van der Waals surface area contributed by atoms with Crippen LogP contribution >= 0.6 is 0 Å². The van der Waals surface area contributed by atoms with Crippen LogP contribution in [0.15, 0.2) is 24.4 Å². The average Bonchev–Trinajstić information content (AvgIpc) is 3.13. The van der Waals surface area contributed by atoms with Crippen LogP contribution in [0.3, 0.4) is 0 Å². The first-order valence-corrected chi connectivity index (χ1v) is 6.76. The van der Waals surface area contributed by atoms with E-state index in [1.807, 2.05) is 0 Å². The van der Waals surface area contributed by atoms with Gasteiger partial charge in [0.25, 0.3) is 0 Å². The molecule has 112 valence electrons. The number of alkyl halides is 3. The van der Waals surface area contributed by atoms with Crippen molar-refractivity contribution in [3.63, 3.8) is 0 Å². The van der Waals surface area contributed by atoms with Crippen LogP contribution in [-0.2, 0) is 12.7 Å². The van der Waals surface area contributed by atoms with Crippen LogP contribution in [0, 0.1) is 6.92 Å². The molecule has 1 aliphatic rings. The van der Waals surface area contributed by atoms with Gasteiger partial charge in [-0.3, -0.25) is 0 Å². The van der Waals surface area contributed by atoms with E-state index < -0.39 is 11.7 Å². The number of aromatic nitrogens is 3. The lowest BCUT2D eigenvalue weighted by atomic mass is 10.1. The number of benzene rings is 1. The highest BCUT2D eigenvalue weighted by atomic mass is 19.4. The maximum atomic E-state index is 12.8. The van der Waals surface area contributed by atoms with Gasteiger partial charge in [0, 0.05) is 12.6 Å². The largest absolute Gasteiger partial charge is 0.416 e. The fourth-order valence-electron chi connectivity index (χ4n) is 2.13. The quantitative estimate of drug-likeness (QED) is 0.943. The van der Waals surface area contributed by atoms with Crippen molar-refractivity contribution in [3.8, 4) is 5.69 Å². The Hall–Kier alpha value is -1.89. The van der Waals surface area contributed by atoms with Crippen molar-refractivity contribution in [2.75, 3.05) is 0 Å². The van der Waals surface area contributed by atoms with Crippen LogP contribution in [0.5, 0.6) is 0 Å². The lowest BCUT2D eigenvalue weighted by Gasteiger charge is -2.13. The predicted molar refractivity (Wildman–Crippen MR) is 71.0 cm³/mol. The van der Waals surface area contributed by atoms with Crippen molar-refractivity contribution >= 4 is 0 Å². The lowest BCUT2D eigenvalue weighted by molar-refractivity contribution is -0.137. The zero-order chi connectivity index (χ0) is 15.0. The number of hydrogen-bond acceptors (Lipinski definition) is 3. The third-order valence-electron chi connectivity index (χ3n) is 3.53. The topological polar surface area (TPSA) is 42.7 Å². The highest BCUT2D eigenvalue weighted by Gasteiger charge is 2.31.